The molecule has 14 heavy (non-hydrogen) atoms. The van der Waals surface area contributed by atoms with Gasteiger partial charge in [0.2, 0.25) is 0 Å². The van der Waals surface area contributed by atoms with Gasteiger partial charge in [-0.05, 0) is 25.3 Å². The van der Waals surface area contributed by atoms with Crippen molar-refractivity contribution < 1.29 is 0 Å². The van der Waals surface area contributed by atoms with E-state index in [2.05, 4.69) is 41.6 Å². The Morgan fingerprint density at radius 2 is 2.14 bits per heavy atom. The van der Waals surface area contributed by atoms with Crippen LogP contribution < -0.4 is 5.32 Å². The highest BCUT2D eigenvalue weighted by molar-refractivity contribution is 7.98. The van der Waals surface area contributed by atoms with Crippen molar-refractivity contribution in [2.45, 2.75) is 18.2 Å². The zero-order valence-electron chi connectivity index (χ0n) is 8.63. The fourth-order valence-electron chi connectivity index (χ4n) is 1.18. The van der Waals surface area contributed by atoms with Crippen LogP contribution in [0.1, 0.15) is 13.3 Å². The Morgan fingerprint density at radius 3 is 2.86 bits per heavy atom. The van der Waals surface area contributed by atoms with Crippen molar-refractivity contribution in [3.63, 3.8) is 0 Å². The summed E-state index contributed by atoms with van der Waals surface area (Å²) in [5, 5.41) is 3.38. The van der Waals surface area contributed by atoms with E-state index in [0.29, 0.717) is 0 Å². The van der Waals surface area contributed by atoms with Crippen LogP contribution in [0.3, 0.4) is 0 Å². The van der Waals surface area contributed by atoms with Gasteiger partial charge in [0.15, 0.2) is 0 Å². The molecule has 1 N–H and O–H groups in total. The van der Waals surface area contributed by atoms with E-state index in [1.807, 2.05) is 13.0 Å². The van der Waals surface area contributed by atoms with Crippen molar-refractivity contribution in [3.8, 4) is 11.8 Å². The quantitative estimate of drug-likeness (QED) is 0.460. The average molecular weight is 205 g/mol. The third-order valence-corrected chi connectivity index (χ3v) is 2.65. The van der Waals surface area contributed by atoms with Crippen molar-refractivity contribution >= 4 is 17.4 Å². The van der Waals surface area contributed by atoms with Crippen LogP contribution in [0.25, 0.3) is 0 Å². The van der Waals surface area contributed by atoms with Gasteiger partial charge in [-0.2, -0.15) is 0 Å². The van der Waals surface area contributed by atoms with Crippen molar-refractivity contribution in [2.24, 2.45) is 0 Å². The maximum absolute atomic E-state index is 3.38. The van der Waals surface area contributed by atoms with Gasteiger partial charge in [0.1, 0.15) is 0 Å². The number of rotatable bonds is 4. The van der Waals surface area contributed by atoms with Gasteiger partial charge in [0.05, 0.1) is 0 Å². The average Bonchev–Trinajstić information content (AvgIpc) is 2.25. The lowest BCUT2D eigenvalue weighted by atomic mass is 10.3. The molecule has 0 saturated heterocycles. The lowest BCUT2D eigenvalue weighted by Crippen LogP contribution is -2.01. The number of nitrogens with one attached hydrogen (secondary N) is 1. The van der Waals surface area contributed by atoms with Crippen LogP contribution in [0.5, 0.6) is 0 Å². The van der Waals surface area contributed by atoms with E-state index in [9.17, 15) is 0 Å². The van der Waals surface area contributed by atoms with E-state index in [0.717, 1.165) is 13.0 Å². The van der Waals surface area contributed by atoms with Crippen molar-refractivity contribution in [1.82, 2.24) is 0 Å². The van der Waals surface area contributed by atoms with Gasteiger partial charge < -0.3 is 5.32 Å². The molecule has 2 heteroatoms. The summed E-state index contributed by atoms with van der Waals surface area (Å²) in [6, 6.07) is 8.33. The van der Waals surface area contributed by atoms with E-state index in [-0.39, 0.29) is 0 Å². The van der Waals surface area contributed by atoms with Crippen molar-refractivity contribution in [2.75, 3.05) is 18.1 Å². The molecule has 1 rings (SSSR count). The molecule has 1 aromatic carbocycles. The molecular weight excluding hydrogens is 190 g/mol. The molecule has 0 saturated carbocycles. The summed E-state index contributed by atoms with van der Waals surface area (Å²) in [6.45, 7) is 2.79. The molecule has 0 radical (unpaired) electrons. The SMILES string of the molecule is CC#CCCNc1ccccc1SC. The number of thioether (sulfide) groups is 1. The highest BCUT2D eigenvalue weighted by Gasteiger charge is 1.97. The Bertz CT molecular complexity index is 336. The molecule has 1 nitrogen and oxygen atoms in total. The zero-order chi connectivity index (χ0) is 10.2. The van der Waals surface area contributed by atoms with Gasteiger partial charge in [-0.3, -0.25) is 0 Å². The highest BCUT2D eigenvalue weighted by atomic mass is 32.2. The molecule has 74 valence electrons. The summed E-state index contributed by atoms with van der Waals surface area (Å²) in [4.78, 5) is 1.29. The summed E-state index contributed by atoms with van der Waals surface area (Å²) in [5.41, 5.74) is 1.21. The predicted molar refractivity (Wildman–Crippen MR) is 64.8 cm³/mol. The van der Waals surface area contributed by atoms with Gasteiger partial charge in [0.25, 0.3) is 0 Å². The van der Waals surface area contributed by atoms with Crippen molar-refractivity contribution in [1.29, 1.82) is 0 Å². The number of hydrogen-bond donors (Lipinski definition) is 1. The molecule has 0 amide bonds. The zero-order valence-corrected chi connectivity index (χ0v) is 9.45. The number of para-hydroxylation sites is 1. The summed E-state index contributed by atoms with van der Waals surface area (Å²) in [7, 11) is 0. The van der Waals surface area contributed by atoms with Crippen LogP contribution in [-0.4, -0.2) is 12.8 Å². The lowest BCUT2D eigenvalue weighted by molar-refractivity contribution is 1.08. The Balaban J connectivity index is 2.51. The number of anilines is 1. The minimum atomic E-state index is 0.902. The Labute approximate surface area is 90.3 Å². The van der Waals surface area contributed by atoms with E-state index in [4.69, 9.17) is 0 Å². The molecule has 0 unspecified atom stereocenters. The molecule has 0 aliphatic rings. The first-order valence-corrected chi connectivity index (χ1v) is 5.87. The van der Waals surface area contributed by atoms with Crippen LogP contribution in [0.15, 0.2) is 29.2 Å². The van der Waals surface area contributed by atoms with E-state index >= 15 is 0 Å². The number of benzene rings is 1. The summed E-state index contributed by atoms with van der Waals surface area (Å²) < 4.78 is 0. The maximum Gasteiger partial charge on any atom is 0.0478 e. The van der Waals surface area contributed by atoms with Crippen LogP contribution in [0.2, 0.25) is 0 Å². The first-order valence-electron chi connectivity index (χ1n) is 4.65. The fraction of sp³-hybridized carbons (Fsp3) is 0.333. The lowest BCUT2D eigenvalue weighted by Gasteiger charge is -2.08. The first kappa shape index (κ1) is 11.0. The van der Waals surface area contributed by atoms with Crippen LogP contribution in [-0.2, 0) is 0 Å². The highest BCUT2D eigenvalue weighted by Crippen LogP contribution is 2.24. The van der Waals surface area contributed by atoms with Gasteiger partial charge >= 0.3 is 0 Å². The molecule has 0 aliphatic carbocycles. The van der Waals surface area contributed by atoms with E-state index in [1.54, 1.807) is 11.8 Å². The summed E-state index contributed by atoms with van der Waals surface area (Å²) >= 11 is 1.76. The summed E-state index contributed by atoms with van der Waals surface area (Å²) in [6.07, 6.45) is 2.99. The van der Waals surface area contributed by atoms with E-state index < -0.39 is 0 Å². The smallest absolute Gasteiger partial charge is 0.0478 e. The minimum absolute atomic E-state index is 0.902. The van der Waals surface area contributed by atoms with Crippen molar-refractivity contribution in [3.05, 3.63) is 24.3 Å². The molecule has 0 heterocycles. The van der Waals surface area contributed by atoms with Gasteiger partial charge in [-0.25, -0.2) is 0 Å². The standard InChI is InChI=1S/C12H15NS/c1-3-4-7-10-13-11-8-5-6-9-12(11)14-2/h5-6,8-9,13H,7,10H2,1-2H3. The second-order valence-electron chi connectivity index (χ2n) is 2.80. The predicted octanol–water partition coefficient (Wildman–Crippen LogP) is 3.23. The van der Waals surface area contributed by atoms with Crippen LogP contribution in [0, 0.1) is 11.8 Å². The molecule has 0 aliphatic heterocycles. The molecule has 1 aromatic rings. The molecule has 0 fully saturated rings. The third-order valence-electron chi connectivity index (χ3n) is 1.85. The van der Waals surface area contributed by atoms with Crippen LogP contribution >= 0.6 is 11.8 Å². The Morgan fingerprint density at radius 1 is 1.36 bits per heavy atom. The largest absolute Gasteiger partial charge is 0.383 e. The molecule has 0 bridgehead atoms. The number of hydrogen-bond acceptors (Lipinski definition) is 2. The van der Waals surface area contributed by atoms with E-state index in [1.165, 1.54) is 10.6 Å². The Hall–Kier alpha value is -1.07. The normalized spacial score (nSPS) is 9.00. The van der Waals surface area contributed by atoms with Gasteiger partial charge in [-0.15, -0.1) is 23.6 Å². The molecule has 0 aromatic heterocycles. The van der Waals surface area contributed by atoms with Gasteiger partial charge in [-0.1, -0.05) is 12.1 Å². The Kier molecular flexibility index (Phi) is 5.03. The third kappa shape index (κ3) is 3.35. The summed E-state index contributed by atoms with van der Waals surface area (Å²) in [5.74, 6) is 5.92. The first-order chi connectivity index (χ1) is 6.88. The molecular formula is C12H15NS. The van der Waals surface area contributed by atoms with Gasteiger partial charge in [0, 0.05) is 23.5 Å². The second kappa shape index (κ2) is 6.39. The van der Waals surface area contributed by atoms with Crippen LogP contribution in [0.4, 0.5) is 5.69 Å². The fourth-order valence-corrected chi connectivity index (χ4v) is 1.75. The maximum atomic E-state index is 3.38. The molecule has 0 atom stereocenters. The minimum Gasteiger partial charge on any atom is -0.383 e. The topological polar surface area (TPSA) is 12.0 Å². The molecule has 0 spiro atoms. The monoisotopic (exact) mass is 205 g/mol. The second-order valence-corrected chi connectivity index (χ2v) is 3.65.